The zero-order chi connectivity index (χ0) is 15.2. The van der Waals surface area contributed by atoms with Gasteiger partial charge in [0, 0.05) is 10.5 Å². The molecule has 2 N–H and O–H groups in total. The molecule has 0 saturated heterocycles. The maximum atomic E-state index is 12.2. The molecular weight excluding hydrogens is 274 g/mol. The predicted molar refractivity (Wildman–Crippen MR) is 81.3 cm³/mol. The summed E-state index contributed by atoms with van der Waals surface area (Å²) in [5.41, 5.74) is -0.124. The second kappa shape index (κ2) is 7.33. The van der Waals surface area contributed by atoms with Gasteiger partial charge in [-0.1, -0.05) is 13.8 Å². The molecule has 0 aliphatic carbocycles. The van der Waals surface area contributed by atoms with E-state index in [-0.39, 0.29) is 12.3 Å². The molecule has 0 spiro atoms. The summed E-state index contributed by atoms with van der Waals surface area (Å²) in [6.45, 7) is 3.78. The van der Waals surface area contributed by atoms with Gasteiger partial charge < -0.3 is 10.4 Å². The normalized spacial score (nSPS) is 11.2. The van der Waals surface area contributed by atoms with Crippen LogP contribution >= 0.6 is 11.8 Å². The summed E-state index contributed by atoms with van der Waals surface area (Å²) in [5.74, 6) is -1.12. The maximum Gasteiger partial charge on any atom is 0.305 e. The Balaban J connectivity index is 2.86. The summed E-state index contributed by atoms with van der Waals surface area (Å²) in [7, 11) is 0. The van der Waals surface area contributed by atoms with Crippen LogP contribution in [0.15, 0.2) is 29.2 Å². The topological polar surface area (TPSA) is 66.4 Å². The molecule has 0 heterocycles. The lowest BCUT2D eigenvalue weighted by Crippen LogP contribution is -2.49. The van der Waals surface area contributed by atoms with Crippen LogP contribution in [0.4, 0.5) is 0 Å². The van der Waals surface area contributed by atoms with Gasteiger partial charge >= 0.3 is 5.97 Å². The van der Waals surface area contributed by atoms with Crippen LogP contribution in [0.5, 0.6) is 0 Å². The number of nitrogens with one attached hydrogen (secondary N) is 1. The average molecular weight is 295 g/mol. The van der Waals surface area contributed by atoms with Crippen molar-refractivity contribution in [1.29, 1.82) is 0 Å². The molecule has 1 amide bonds. The third-order valence-corrected chi connectivity index (χ3v) is 4.32. The first-order valence-corrected chi connectivity index (χ1v) is 7.87. The second-order valence-corrected chi connectivity index (χ2v) is 5.62. The molecule has 0 bridgehead atoms. The average Bonchev–Trinajstić information content (AvgIpc) is 2.46. The van der Waals surface area contributed by atoms with Gasteiger partial charge in [-0.25, -0.2) is 0 Å². The monoisotopic (exact) mass is 295 g/mol. The van der Waals surface area contributed by atoms with Gasteiger partial charge in [-0.15, -0.1) is 11.8 Å². The lowest BCUT2D eigenvalue weighted by molar-refractivity contribution is -0.138. The molecule has 1 rings (SSSR count). The number of carbonyl (C=O) groups is 2. The van der Waals surface area contributed by atoms with Gasteiger partial charge in [0.05, 0.1) is 12.0 Å². The third kappa shape index (κ3) is 4.27. The predicted octanol–water partition coefficient (Wildman–Crippen LogP) is 3.17. The zero-order valence-corrected chi connectivity index (χ0v) is 12.9. The van der Waals surface area contributed by atoms with Crippen LogP contribution in [0.25, 0.3) is 0 Å². The summed E-state index contributed by atoms with van der Waals surface area (Å²) in [6, 6.07) is 7.29. The first-order valence-electron chi connectivity index (χ1n) is 6.64. The van der Waals surface area contributed by atoms with Gasteiger partial charge in [-0.2, -0.15) is 0 Å². The summed E-state index contributed by atoms with van der Waals surface area (Å²) in [5, 5.41) is 11.9. The Labute approximate surface area is 124 Å². The molecule has 1 aromatic rings. The van der Waals surface area contributed by atoms with Crippen molar-refractivity contribution >= 4 is 23.6 Å². The second-order valence-electron chi connectivity index (χ2n) is 4.74. The van der Waals surface area contributed by atoms with Gasteiger partial charge in [0.25, 0.3) is 5.91 Å². The maximum absolute atomic E-state index is 12.2. The van der Waals surface area contributed by atoms with Crippen LogP contribution in [0.1, 0.15) is 43.5 Å². The van der Waals surface area contributed by atoms with Crippen molar-refractivity contribution in [3.05, 3.63) is 29.8 Å². The van der Waals surface area contributed by atoms with E-state index in [1.807, 2.05) is 32.2 Å². The molecule has 1 aromatic carbocycles. The minimum Gasteiger partial charge on any atom is -0.481 e. The number of thioether (sulfide) groups is 1. The van der Waals surface area contributed by atoms with Crippen molar-refractivity contribution in [2.45, 2.75) is 43.5 Å². The molecule has 0 aromatic heterocycles. The van der Waals surface area contributed by atoms with E-state index in [1.165, 1.54) is 0 Å². The van der Waals surface area contributed by atoms with Gasteiger partial charge in [0.1, 0.15) is 0 Å². The summed E-state index contributed by atoms with van der Waals surface area (Å²) in [4.78, 5) is 24.3. The minimum absolute atomic E-state index is 0.0609. The Hall–Kier alpha value is -1.49. The highest BCUT2D eigenvalue weighted by atomic mass is 32.2. The summed E-state index contributed by atoms with van der Waals surface area (Å²) >= 11 is 1.61. The number of hydrogen-bond acceptors (Lipinski definition) is 3. The number of aliphatic carboxylic acids is 1. The van der Waals surface area contributed by atoms with Crippen LogP contribution in [-0.2, 0) is 4.79 Å². The highest BCUT2D eigenvalue weighted by Crippen LogP contribution is 2.21. The molecule has 4 nitrogen and oxygen atoms in total. The van der Waals surface area contributed by atoms with Crippen molar-refractivity contribution in [3.63, 3.8) is 0 Å². The lowest BCUT2D eigenvalue weighted by Gasteiger charge is -2.31. The molecule has 0 unspecified atom stereocenters. The number of benzene rings is 1. The standard InChI is InChI=1S/C15H21NO3S/c1-4-15(5-2,10-13(17)18)16-14(19)11-6-8-12(20-3)9-7-11/h6-9H,4-5,10H2,1-3H3,(H,16,19)(H,17,18). The van der Waals surface area contributed by atoms with Crippen molar-refractivity contribution in [1.82, 2.24) is 5.32 Å². The molecule has 0 aliphatic heterocycles. The molecule has 0 atom stereocenters. The minimum atomic E-state index is -0.897. The van der Waals surface area contributed by atoms with Crippen LogP contribution in [0.3, 0.4) is 0 Å². The first-order chi connectivity index (χ1) is 9.46. The Morgan fingerprint density at radius 2 is 1.75 bits per heavy atom. The van der Waals surface area contributed by atoms with E-state index in [2.05, 4.69) is 5.32 Å². The molecule has 0 radical (unpaired) electrons. The highest BCUT2D eigenvalue weighted by molar-refractivity contribution is 7.98. The molecule has 0 fully saturated rings. The highest BCUT2D eigenvalue weighted by Gasteiger charge is 2.31. The molecule has 20 heavy (non-hydrogen) atoms. The smallest absolute Gasteiger partial charge is 0.305 e. The molecule has 5 heteroatoms. The van der Waals surface area contributed by atoms with E-state index < -0.39 is 11.5 Å². The first kappa shape index (κ1) is 16.6. The van der Waals surface area contributed by atoms with E-state index in [1.54, 1.807) is 23.9 Å². The number of carboxylic acid groups (broad SMARTS) is 1. The SMILES string of the molecule is CCC(CC)(CC(=O)O)NC(=O)c1ccc(SC)cc1. The Kier molecular flexibility index (Phi) is 6.07. The zero-order valence-electron chi connectivity index (χ0n) is 12.1. The lowest BCUT2D eigenvalue weighted by atomic mass is 9.88. The molecule has 110 valence electrons. The van der Waals surface area contributed by atoms with Crippen LogP contribution in [0, 0.1) is 0 Å². The number of rotatable bonds is 7. The van der Waals surface area contributed by atoms with Crippen LogP contribution in [0.2, 0.25) is 0 Å². The van der Waals surface area contributed by atoms with E-state index >= 15 is 0 Å². The Morgan fingerprint density at radius 3 is 2.15 bits per heavy atom. The van der Waals surface area contributed by atoms with Crippen LogP contribution in [-0.4, -0.2) is 28.8 Å². The summed E-state index contributed by atoms with van der Waals surface area (Å²) < 4.78 is 0. The fourth-order valence-corrected chi connectivity index (χ4v) is 2.47. The largest absolute Gasteiger partial charge is 0.481 e. The van der Waals surface area contributed by atoms with Crippen LogP contribution < -0.4 is 5.32 Å². The Bertz CT molecular complexity index is 467. The van der Waals surface area contributed by atoms with Gasteiger partial charge in [0.15, 0.2) is 0 Å². The molecular formula is C15H21NO3S. The molecule has 0 aliphatic rings. The van der Waals surface area contributed by atoms with Gasteiger partial charge in [-0.05, 0) is 43.4 Å². The third-order valence-electron chi connectivity index (χ3n) is 3.57. The van der Waals surface area contributed by atoms with E-state index in [0.29, 0.717) is 18.4 Å². The fourth-order valence-electron chi connectivity index (χ4n) is 2.07. The van der Waals surface area contributed by atoms with E-state index in [4.69, 9.17) is 5.11 Å². The van der Waals surface area contributed by atoms with E-state index in [0.717, 1.165) is 4.90 Å². The number of amides is 1. The van der Waals surface area contributed by atoms with Gasteiger partial charge in [0.2, 0.25) is 0 Å². The van der Waals surface area contributed by atoms with Crippen molar-refractivity contribution in [2.75, 3.05) is 6.26 Å². The fraction of sp³-hybridized carbons (Fsp3) is 0.467. The summed E-state index contributed by atoms with van der Waals surface area (Å²) in [6.07, 6.45) is 3.09. The van der Waals surface area contributed by atoms with Crippen molar-refractivity contribution < 1.29 is 14.7 Å². The molecule has 0 saturated carbocycles. The van der Waals surface area contributed by atoms with Crippen molar-refractivity contribution in [3.8, 4) is 0 Å². The number of carbonyl (C=O) groups excluding carboxylic acids is 1. The Morgan fingerprint density at radius 1 is 1.20 bits per heavy atom. The number of hydrogen-bond donors (Lipinski definition) is 2. The quantitative estimate of drug-likeness (QED) is 0.758. The van der Waals surface area contributed by atoms with Gasteiger partial charge in [-0.3, -0.25) is 9.59 Å². The number of carboxylic acids is 1. The van der Waals surface area contributed by atoms with Crippen molar-refractivity contribution in [2.24, 2.45) is 0 Å². The van der Waals surface area contributed by atoms with E-state index in [9.17, 15) is 9.59 Å².